The molecule has 1 aliphatic rings. The normalized spacial score (nSPS) is 20.4. The van der Waals surface area contributed by atoms with Gasteiger partial charge in [0.2, 0.25) is 0 Å². The van der Waals surface area contributed by atoms with Crippen molar-refractivity contribution in [3.8, 4) is 0 Å². The van der Waals surface area contributed by atoms with Crippen molar-refractivity contribution in [2.24, 2.45) is 7.05 Å². The summed E-state index contributed by atoms with van der Waals surface area (Å²) in [5.41, 5.74) is 4.35. The molecule has 0 saturated heterocycles. The zero-order valence-corrected chi connectivity index (χ0v) is 13.0. The van der Waals surface area contributed by atoms with E-state index in [2.05, 4.69) is 46.4 Å². The first kappa shape index (κ1) is 12.8. The molecule has 114 valence electrons. The van der Waals surface area contributed by atoms with E-state index in [1.807, 2.05) is 7.05 Å². The molecule has 1 aromatic carbocycles. The average Bonchev–Trinajstić information content (AvgIpc) is 3.08. The van der Waals surface area contributed by atoms with Gasteiger partial charge in [0.15, 0.2) is 17.1 Å². The lowest BCUT2D eigenvalue weighted by Crippen LogP contribution is -1.95. The van der Waals surface area contributed by atoms with Crippen LogP contribution in [0.5, 0.6) is 0 Å². The minimum Gasteiger partial charge on any atom is -0.250 e. The van der Waals surface area contributed by atoms with Crippen LogP contribution >= 0.6 is 0 Å². The lowest BCUT2D eigenvalue weighted by atomic mass is 10.1. The third-order valence-corrected chi connectivity index (χ3v) is 4.71. The molecule has 3 aromatic heterocycles. The number of hydrogen-bond acceptors (Lipinski definition) is 4. The highest BCUT2D eigenvalue weighted by molar-refractivity contribution is 5.88. The van der Waals surface area contributed by atoms with Crippen LogP contribution in [0, 0.1) is 6.92 Å². The molecule has 1 saturated carbocycles. The first-order valence-corrected chi connectivity index (χ1v) is 7.80. The van der Waals surface area contributed by atoms with Crippen LogP contribution in [0.2, 0.25) is 0 Å². The van der Waals surface area contributed by atoms with Crippen LogP contribution in [0.4, 0.5) is 0 Å². The molecule has 1 aliphatic carbocycles. The monoisotopic (exact) mass is 304 g/mol. The predicted molar refractivity (Wildman–Crippen MR) is 86.3 cm³/mol. The number of hydrogen-bond donors (Lipinski definition) is 0. The molecule has 3 heterocycles. The van der Waals surface area contributed by atoms with Crippen LogP contribution in [0.1, 0.15) is 35.2 Å². The molecule has 0 bridgehead atoms. The van der Waals surface area contributed by atoms with E-state index in [4.69, 9.17) is 4.98 Å². The van der Waals surface area contributed by atoms with E-state index in [1.165, 1.54) is 11.1 Å². The summed E-state index contributed by atoms with van der Waals surface area (Å²) in [5, 5.41) is 9.84. The Hall–Kier alpha value is -2.76. The van der Waals surface area contributed by atoms with E-state index in [0.717, 1.165) is 28.9 Å². The Balaban J connectivity index is 1.54. The lowest BCUT2D eigenvalue weighted by molar-refractivity contribution is 0.781. The number of aromatic nitrogens is 6. The highest BCUT2D eigenvalue weighted by Gasteiger charge is 2.42. The third kappa shape index (κ3) is 1.87. The van der Waals surface area contributed by atoms with Crippen LogP contribution in [-0.4, -0.2) is 29.4 Å². The van der Waals surface area contributed by atoms with Crippen LogP contribution in [0.15, 0.2) is 36.8 Å². The first-order valence-electron chi connectivity index (χ1n) is 7.80. The van der Waals surface area contributed by atoms with Crippen molar-refractivity contribution in [3.63, 3.8) is 0 Å². The van der Waals surface area contributed by atoms with Crippen molar-refractivity contribution in [1.29, 1.82) is 0 Å². The molecule has 6 nitrogen and oxygen atoms in total. The molecule has 6 heteroatoms. The summed E-state index contributed by atoms with van der Waals surface area (Å²) in [7, 11) is 1.89. The highest BCUT2D eigenvalue weighted by Crippen LogP contribution is 2.53. The minimum atomic E-state index is 0.407. The second-order valence-electron chi connectivity index (χ2n) is 6.35. The molecule has 0 amide bonds. The van der Waals surface area contributed by atoms with E-state index < -0.39 is 0 Å². The third-order valence-electron chi connectivity index (χ3n) is 4.71. The van der Waals surface area contributed by atoms with Crippen molar-refractivity contribution in [3.05, 3.63) is 53.7 Å². The largest absolute Gasteiger partial charge is 0.250 e. The molecule has 23 heavy (non-hydrogen) atoms. The number of rotatable bonds is 2. The van der Waals surface area contributed by atoms with Crippen molar-refractivity contribution < 1.29 is 0 Å². The summed E-state index contributed by atoms with van der Waals surface area (Å²) in [4.78, 5) is 9.18. The minimum absolute atomic E-state index is 0.407. The van der Waals surface area contributed by atoms with Gasteiger partial charge in [-0.05, 0) is 24.8 Å². The lowest BCUT2D eigenvalue weighted by Gasteiger charge is -1.99. The molecule has 0 N–H and O–H groups in total. The van der Waals surface area contributed by atoms with Gasteiger partial charge in [0.1, 0.15) is 6.33 Å². The fourth-order valence-electron chi connectivity index (χ4n) is 3.27. The fourth-order valence-corrected chi connectivity index (χ4v) is 3.27. The number of fused-ring (bicyclic) bond motifs is 3. The second kappa shape index (κ2) is 4.38. The van der Waals surface area contributed by atoms with E-state index in [-0.39, 0.29) is 0 Å². The zero-order valence-electron chi connectivity index (χ0n) is 13.0. The Morgan fingerprint density at radius 2 is 1.91 bits per heavy atom. The zero-order chi connectivity index (χ0) is 15.6. The fraction of sp³-hybridized carbons (Fsp3) is 0.294. The Morgan fingerprint density at radius 1 is 1.09 bits per heavy atom. The maximum Gasteiger partial charge on any atom is 0.170 e. The summed E-state index contributed by atoms with van der Waals surface area (Å²) in [6.45, 7) is 2.12. The molecule has 0 spiro atoms. The maximum absolute atomic E-state index is 4.77. The molecule has 2 unspecified atom stereocenters. The Morgan fingerprint density at radius 3 is 2.74 bits per heavy atom. The van der Waals surface area contributed by atoms with Gasteiger partial charge < -0.3 is 0 Å². The summed E-state index contributed by atoms with van der Waals surface area (Å²) in [6.07, 6.45) is 4.64. The van der Waals surface area contributed by atoms with Crippen molar-refractivity contribution in [1.82, 2.24) is 29.4 Å². The van der Waals surface area contributed by atoms with Gasteiger partial charge in [-0.25, -0.2) is 14.5 Å². The summed E-state index contributed by atoms with van der Waals surface area (Å²) < 4.78 is 3.53. The number of nitrogens with zero attached hydrogens (tertiary/aromatic N) is 6. The van der Waals surface area contributed by atoms with Crippen molar-refractivity contribution in [2.45, 2.75) is 25.2 Å². The molecule has 4 aromatic rings. The van der Waals surface area contributed by atoms with Gasteiger partial charge in [0.25, 0.3) is 0 Å². The van der Waals surface area contributed by atoms with Crippen molar-refractivity contribution in [2.75, 3.05) is 0 Å². The van der Waals surface area contributed by atoms with Crippen LogP contribution in [-0.2, 0) is 7.05 Å². The van der Waals surface area contributed by atoms with Gasteiger partial charge in [0, 0.05) is 13.0 Å². The molecule has 1 fully saturated rings. The summed E-state index contributed by atoms with van der Waals surface area (Å²) in [5.74, 6) is 1.85. The van der Waals surface area contributed by atoms with E-state index in [0.29, 0.717) is 11.8 Å². The number of benzene rings is 1. The highest BCUT2D eigenvalue weighted by atomic mass is 15.3. The van der Waals surface area contributed by atoms with E-state index in [1.54, 1.807) is 21.7 Å². The van der Waals surface area contributed by atoms with Gasteiger partial charge in [-0.3, -0.25) is 4.68 Å². The molecule has 0 radical (unpaired) electrons. The molecular weight excluding hydrogens is 288 g/mol. The van der Waals surface area contributed by atoms with Gasteiger partial charge in [-0.15, -0.1) is 5.10 Å². The van der Waals surface area contributed by atoms with Crippen LogP contribution < -0.4 is 0 Å². The predicted octanol–water partition coefficient (Wildman–Crippen LogP) is 2.59. The Bertz CT molecular complexity index is 1030. The van der Waals surface area contributed by atoms with Crippen LogP contribution in [0.25, 0.3) is 16.7 Å². The molecular formula is C17H16N6. The molecule has 2 atom stereocenters. The van der Waals surface area contributed by atoms with Gasteiger partial charge >= 0.3 is 0 Å². The molecule has 5 rings (SSSR count). The first-order chi connectivity index (χ1) is 11.2. The standard InChI is InChI=1S/C17H16N6/c1-10-3-5-11(6-4-10)12-7-13(12)15-20-17-14-8-19-22(2)16(14)18-9-23(17)21-15/h3-6,8-9,12-13H,7H2,1-2H3. The van der Waals surface area contributed by atoms with E-state index >= 15 is 0 Å². The maximum atomic E-state index is 4.77. The summed E-state index contributed by atoms with van der Waals surface area (Å²) >= 11 is 0. The second-order valence-corrected chi connectivity index (χ2v) is 6.35. The summed E-state index contributed by atoms with van der Waals surface area (Å²) in [6, 6.07) is 8.78. The topological polar surface area (TPSA) is 60.9 Å². The van der Waals surface area contributed by atoms with Gasteiger partial charge in [-0.1, -0.05) is 29.8 Å². The van der Waals surface area contributed by atoms with E-state index in [9.17, 15) is 0 Å². The quantitative estimate of drug-likeness (QED) is 0.571. The number of aryl methyl sites for hydroxylation is 2. The van der Waals surface area contributed by atoms with Gasteiger partial charge in [-0.2, -0.15) is 5.10 Å². The Labute approximate surface area is 132 Å². The van der Waals surface area contributed by atoms with Gasteiger partial charge in [0.05, 0.1) is 11.6 Å². The smallest absolute Gasteiger partial charge is 0.170 e. The average molecular weight is 304 g/mol. The molecule has 0 aliphatic heterocycles. The Kier molecular flexibility index (Phi) is 2.43. The van der Waals surface area contributed by atoms with Crippen molar-refractivity contribution >= 4 is 16.7 Å². The SMILES string of the molecule is Cc1ccc(C2CC2c2nc3c4cnn(C)c4ncn3n2)cc1. The van der Waals surface area contributed by atoms with Crippen LogP contribution in [0.3, 0.4) is 0 Å².